The SMILES string of the molecule is CC(CNCC(/C(N)=N/O)C(F)(F)F)c1ccccc1. The van der Waals surface area contributed by atoms with Crippen molar-refractivity contribution in [3.8, 4) is 0 Å². The molecule has 4 nitrogen and oxygen atoms in total. The predicted octanol–water partition coefficient (Wildman–Crippen LogP) is 2.30. The molecule has 0 bridgehead atoms. The molecule has 0 spiro atoms. The van der Waals surface area contributed by atoms with E-state index in [2.05, 4.69) is 10.5 Å². The monoisotopic (exact) mass is 289 g/mol. The summed E-state index contributed by atoms with van der Waals surface area (Å²) in [6.45, 7) is 1.86. The average Bonchev–Trinajstić information content (AvgIpc) is 2.42. The van der Waals surface area contributed by atoms with E-state index in [9.17, 15) is 13.2 Å². The second kappa shape index (κ2) is 7.14. The average molecular weight is 289 g/mol. The third-order valence-electron chi connectivity index (χ3n) is 3.04. The summed E-state index contributed by atoms with van der Waals surface area (Å²) in [5.74, 6) is -2.76. The highest BCUT2D eigenvalue weighted by Gasteiger charge is 2.42. The number of hydrogen-bond acceptors (Lipinski definition) is 3. The van der Waals surface area contributed by atoms with Crippen LogP contribution in [0.3, 0.4) is 0 Å². The first-order valence-electron chi connectivity index (χ1n) is 6.16. The minimum absolute atomic E-state index is 0.0670. The van der Waals surface area contributed by atoms with Crippen LogP contribution in [0.15, 0.2) is 35.5 Å². The van der Waals surface area contributed by atoms with Gasteiger partial charge in [-0.05, 0) is 11.5 Å². The number of benzene rings is 1. The Morgan fingerprint density at radius 1 is 1.30 bits per heavy atom. The van der Waals surface area contributed by atoms with E-state index in [0.29, 0.717) is 6.54 Å². The maximum absolute atomic E-state index is 12.7. The quantitative estimate of drug-likeness (QED) is 0.326. The molecule has 0 aliphatic rings. The smallest absolute Gasteiger partial charge is 0.400 e. The van der Waals surface area contributed by atoms with Crippen LogP contribution < -0.4 is 11.1 Å². The minimum Gasteiger partial charge on any atom is -0.409 e. The molecule has 1 aromatic rings. The van der Waals surface area contributed by atoms with E-state index < -0.39 is 24.5 Å². The molecule has 2 unspecified atom stereocenters. The Morgan fingerprint density at radius 2 is 1.90 bits per heavy atom. The van der Waals surface area contributed by atoms with Crippen LogP contribution in [0.5, 0.6) is 0 Å². The van der Waals surface area contributed by atoms with Gasteiger partial charge in [0.2, 0.25) is 0 Å². The molecular formula is C13H18F3N3O. The molecule has 0 radical (unpaired) electrons. The molecule has 0 saturated heterocycles. The van der Waals surface area contributed by atoms with Gasteiger partial charge in [0.25, 0.3) is 0 Å². The van der Waals surface area contributed by atoms with Crippen molar-refractivity contribution in [1.82, 2.24) is 5.32 Å². The molecule has 0 saturated carbocycles. The van der Waals surface area contributed by atoms with Gasteiger partial charge >= 0.3 is 6.18 Å². The minimum atomic E-state index is -4.54. The number of hydrogen-bond donors (Lipinski definition) is 3. The Kier molecular flexibility index (Phi) is 5.82. The van der Waals surface area contributed by atoms with Crippen molar-refractivity contribution >= 4 is 5.84 Å². The molecule has 20 heavy (non-hydrogen) atoms. The number of nitrogens with one attached hydrogen (secondary N) is 1. The van der Waals surface area contributed by atoms with E-state index in [1.54, 1.807) is 0 Å². The van der Waals surface area contributed by atoms with Crippen molar-refractivity contribution in [2.24, 2.45) is 16.8 Å². The number of amidine groups is 1. The second-order valence-corrected chi connectivity index (χ2v) is 4.59. The third kappa shape index (κ3) is 4.73. The highest BCUT2D eigenvalue weighted by atomic mass is 19.4. The molecule has 1 aromatic carbocycles. The van der Waals surface area contributed by atoms with Crippen LogP contribution in [0.25, 0.3) is 0 Å². The number of alkyl halides is 3. The molecule has 0 aliphatic heterocycles. The van der Waals surface area contributed by atoms with Gasteiger partial charge in [-0.1, -0.05) is 42.4 Å². The molecule has 0 fully saturated rings. The van der Waals surface area contributed by atoms with Gasteiger partial charge in [0, 0.05) is 13.1 Å². The van der Waals surface area contributed by atoms with Crippen LogP contribution in [0.1, 0.15) is 18.4 Å². The predicted molar refractivity (Wildman–Crippen MR) is 70.7 cm³/mol. The fourth-order valence-electron chi connectivity index (χ4n) is 1.80. The Balaban J connectivity index is 2.53. The zero-order chi connectivity index (χ0) is 15.2. The molecule has 112 valence electrons. The first-order valence-corrected chi connectivity index (χ1v) is 6.16. The summed E-state index contributed by atoms with van der Waals surface area (Å²) < 4.78 is 38.1. The number of rotatable bonds is 6. The zero-order valence-electron chi connectivity index (χ0n) is 11.1. The standard InChI is InChI=1S/C13H18F3N3O/c1-9(10-5-3-2-4-6-10)7-18-8-11(12(17)19-20)13(14,15)16/h2-6,9,11,18,20H,7-8H2,1H3,(H2,17,19). The molecule has 0 heterocycles. The Morgan fingerprint density at radius 3 is 2.40 bits per heavy atom. The van der Waals surface area contributed by atoms with Crippen molar-refractivity contribution in [3.63, 3.8) is 0 Å². The zero-order valence-corrected chi connectivity index (χ0v) is 11.1. The number of nitrogens with zero attached hydrogens (tertiary/aromatic N) is 1. The molecule has 1 rings (SSSR count). The lowest BCUT2D eigenvalue weighted by molar-refractivity contribution is -0.154. The van der Waals surface area contributed by atoms with Gasteiger partial charge in [-0.25, -0.2) is 0 Å². The van der Waals surface area contributed by atoms with Gasteiger partial charge in [-0.15, -0.1) is 0 Å². The summed E-state index contributed by atoms with van der Waals surface area (Å²) in [6.07, 6.45) is -4.54. The molecule has 0 amide bonds. The van der Waals surface area contributed by atoms with Gasteiger partial charge in [-0.2, -0.15) is 13.2 Å². The van der Waals surface area contributed by atoms with Crippen LogP contribution >= 0.6 is 0 Å². The van der Waals surface area contributed by atoms with Crippen molar-refractivity contribution in [3.05, 3.63) is 35.9 Å². The van der Waals surface area contributed by atoms with Gasteiger partial charge in [-0.3, -0.25) is 0 Å². The lowest BCUT2D eigenvalue weighted by Gasteiger charge is -2.20. The van der Waals surface area contributed by atoms with E-state index in [0.717, 1.165) is 5.56 Å². The molecule has 0 aliphatic carbocycles. The summed E-state index contributed by atoms with van der Waals surface area (Å²) in [4.78, 5) is 0. The first kappa shape index (κ1) is 16.3. The summed E-state index contributed by atoms with van der Waals surface area (Å²) in [6, 6.07) is 9.46. The fraction of sp³-hybridized carbons (Fsp3) is 0.462. The Bertz CT molecular complexity index is 434. The maximum atomic E-state index is 12.7. The molecule has 0 aromatic heterocycles. The van der Waals surface area contributed by atoms with Crippen LogP contribution in [-0.2, 0) is 0 Å². The lowest BCUT2D eigenvalue weighted by atomic mass is 10.0. The van der Waals surface area contributed by atoms with E-state index in [1.807, 2.05) is 37.3 Å². The topological polar surface area (TPSA) is 70.6 Å². The van der Waals surface area contributed by atoms with E-state index in [1.165, 1.54) is 0 Å². The third-order valence-corrected chi connectivity index (χ3v) is 3.04. The van der Waals surface area contributed by atoms with Crippen molar-refractivity contribution in [2.45, 2.75) is 19.0 Å². The Labute approximate surface area is 115 Å². The molecular weight excluding hydrogens is 271 g/mol. The van der Waals surface area contributed by atoms with E-state index in [-0.39, 0.29) is 5.92 Å². The number of nitrogens with two attached hydrogens (primary N) is 1. The largest absolute Gasteiger partial charge is 0.409 e. The van der Waals surface area contributed by atoms with Crippen LogP contribution in [0.2, 0.25) is 0 Å². The first-order chi connectivity index (χ1) is 9.36. The van der Waals surface area contributed by atoms with Crippen molar-refractivity contribution in [1.29, 1.82) is 0 Å². The number of halogens is 3. The lowest BCUT2D eigenvalue weighted by Crippen LogP contribution is -2.43. The van der Waals surface area contributed by atoms with Gasteiger partial charge in [0.05, 0.1) is 0 Å². The molecule has 4 N–H and O–H groups in total. The van der Waals surface area contributed by atoms with Crippen LogP contribution in [0, 0.1) is 5.92 Å². The second-order valence-electron chi connectivity index (χ2n) is 4.59. The molecule has 7 heteroatoms. The highest BCUT2D eigenvalue weighted by molar-refractivity contribution is 5.83. The van der Waals surface area contributed by atoms with Gasteiger partial charge in [0.15, 0.2) is 5.84 Å². The summed E-state index contributed by atoms with van der Waals surface area (Å²) in [5.41, 5.74) is 6.11. The van der Waals surface area contributed by atoms with Crippen molar-refractivity contribution < 1.29 is 18.4 Å². The number of oxime groups is 1. The highest BCUT2D eigenvalue weighted by Crippen LogP contribution is 2.26. The van der Waals surface area contributed by atoms with E-state index >= 15 is 0 Å². The van der Waals surface area contributed by atoms with Crippen molar-refractivity contribution in [2.75, 3.05) is 13.1 Å². The van der Waals surface area contributed by atoms with Crippen LogP contribution in [0.4, 0.5) is 13.2 Å². The van der Waals surface area contributed by atoms with Crippen LogP contribution in [-0.4, -0.2) is 30.3 Å². The van der Waals surface area contributed by atoms with Gasteiger partial charge < -0.3 is 16.3 Å². The summed E-state index contributed by atoms with van der Waals surface area (Å²) in [5, 5.41) is 13.5. The fourth-order valence-corrected chi connectivity index (χ4v) is 1.80. The Hall–Kier alpha value is -1.76. The molecule has 2 atom stereocenters. The normalized spacial score (nSPS) is 15.9. The summed E-state index contributed by atoms with van der Waals surface area (Å²) in [7, 11) is 0. The van der Waals surface area contributed by atoms with E-state index in [4.69, 9.17) is 10.9 Å². The summed E-state index contributed by atoms with van der Waals surface area (Å²) >= 11 is 0. The van der Waals surface area contributed by atoms with Gasteiger partial charge in [0.1, 0.15) is 5.92 Å². The maximum Gasteiger partial charge on any atom is 0.400 e.